The molecule has 0 saturated carbocycles. The second-order valence-corrected chi connectivity index (χ2v) is 7.53. The standard InChI is InChI=1S/C20H26N4O2S/c1-14(2)26-17-8-4-6-15(12-17)9-10-18(25)24-11-5-7-16(13-24)19-21-22-20(27)23(19)3/h4,6,8-10,12,14,16H,5,7,11,13H2,1-3H3,(H,22,27). The normalized spacial score (nSPS) is 17.6. The van der Waals surface area contributed by atoms with E-state index in [1.165, 1.54) is 0 Å². The van der Waals surface area contributed by atoms with Crippen molar-refractivity contribution in [2.24, 2.45) is 7.05 Å². The summed E-state index contributed by atoms with van der Waals surface area (Å²) in [7, 11) is 1.91. The third kappa shape index (κ3) is 4.86. The highest BCUT2D eigenvalue weighted by atomic mass is 32.1. The first-order chi connectivity index (χ1) is 12.9. The maximum Gasteiger partial charge on any atom is 0.246 e. The number of likely N-dealkylation sites (tertiary alicyclic amines) is 1. The van der Waals surface area contributed by atoms with E-state index in [4.69, 9.17) is 17.0 Å². The molecule has 1 aliphatic rings. The highest BCUT2D eigenvalue weighted by Crippen LogP contribution is 2.25. The zero-order valence-corrected chi connectivity index (χ0v) is 16.8. The second kappa shape index (κ2) is 8.52. The Morgan fingerprint density at radius 2 is 2.26 bits per heavy atom. The number of amides is 1. The van der Waals surface area contributed by atoms with Gasteiger partial charge in [-0.05, 0) is 62.7 Å². The molecule has 1 atom stereocenters. The number of carbonyl (C=O) groups is 1. The Balaban J connectivity index is 1.66. The molecular formula is C20H26N4O2S. The van der Waals surface area contributed by atoms with E-state index < -0.39 is 0 Å². The fourth-order valence-electron chi connectivity index (χ4n) is 3.35. The monoisotopic (exact) mass is 386 g/mol. The molecular weight excluding hydrogens is 360 g/mol. The Labute approximate surface area is 164 Å². The lowest BCUT2D eigenvalue weighted by atomic mass is 9.97. The van der Waals surface area contributed by atoms with Gasteiger partial charge < -0.3 is 14.2 Å². The van der Waals surface area contributed by atoms with Gasteiger partial charge in [-0.15, -0.1) is 0 Å². The van der Waals surface area contributed by atoms with Gasteiger partial charge in [-0.2, -0.15) is 5.10 Å². The largest absolute Gasteiger partial charge is 0.491 e. The summed E-state index contributed by atoms with van der Waals surface area (Å²) in [4.78, 5) is 14.5. The van der Waals surface area contributed by atoms with Gasteiger partial charge in [0, 0.05) is 32.1 Å². The molecule has 1 fully saturated rings. The molecule has 1 saturated heterocycles. The van der Waals surface area contributed by atoms with Crippen LogP contribution in [0.5, 0.6) is 5.75 Å². The number of benzene rings is 1. The molecule has 0 bridgehead atoms. The quantitative estimate of drug-likeness (QED) is 0.629. The Morgan fingerprint density at radius 3 is 2.96 bits per heavy atom. The van der Waals surface area contributed by atoms with E-state index in [9.17, 15) is 4.79 Å². The number of nitrogens with zero attached hydrogens (tertiary/aromatic N) is 3. The number of piperidine rings is 1. The lowest BCUT2D eigenvalue weighted by molar-refractivity contribution is -0.127. The van der Waals surface area contributed by atoms with E-state index in [1.807, 2.05) is 60.7 Å². The smallest absolute Gasteiger partial charge is 0.246 e. The van der Waals surface area contributed by atoms with Crippen molar-refractivity contribution >= 4 is 24.2 Å². The number of nitrogens with one attached hydrogen (secondary N) is 1. The van der Waals surface area contributed by atoms with Gasteiger partial charge in [0.15, 0.2) is 4.77 Å². The molecule has 1 amide bonds. The maximum absolute atomic E-state index is 12.7. The lowest BCUT2D eigenvalue weighted by Gasteiger charge is -2.31. The summed E-state index contributed by atoms with van der Waals surface area (Å²) in [6.45, 7) is 5.42. The van der Waals surface area contributed by atoms with Crippen LogP contribution in [0.25, 0.3) is 6.08 Å². The molecule has 1 N–H and O–H groups in total. The molecule has 0 aliphatic carbocycles. The minimum Gasteiger partial charge on any atom is -0.491 e. The number of rotatable bonds is 5. The molecule has 0 spiro atoms. The van der Waals surface area contributed by atoms with E-state index in [0.29, 0.717) is 11.3 Å². The van der Waals surface area contributed by atoms with Gasteiger partial charge in [-0.25, -0.2) is 0 Å². The van der Waals surface area contributed by atoms with Crippen LogP contribution in [0.15, 0.2) is 30.3 Å². The molecule has 3 rings (SSSR count). The Morgan fingerprint density at radius 1 is 1.44 bits per heavy atom. The number of H-pyrrole nitrogens is 1. The van der Waals surface area contributed by atoms with Crippen molar-refractivity contribution in [3.8, 4) is 5.75 Å². The van der Waals surface area contributed by atoms with Crippen molar-refractivity contribution in [2.45, 2.75) is 38.7 Å². The average molecular weight is 387 g/mol. The number of aromatic nitrogens is 3. The van der Waals surface area contributed by atoms with E-state index in [0.717, 1.165) is 36.5 Å². The van der Waals surface area contributed by atoms with Crippen LogP contribution in [0.4, 0.5) is 0 Å². The number of hydrogen-bond acceptors (Lipinski definition) is 4. The molecule has 0 radical (unpaired) electrons. The van der Waals surface area contributed by atoms with Crippen LogP contribution in [0.3, 0.4) is 0 Å². The van der Waals surface area contributed by atoms with Crippen LogP contribution in [0.2, 0.25) is 0 Å². The summed E-state index contributed by atoms with van der Waals surface area (Å²) in [5.41, 5.74) is 0.949. The number of aromatic amines is 1. The topological polar surface area (TPSA) is 63.1 Å². The number of hydrogen-bond donors (Lipinski definition) is 1. The first kappa shape index (κ1) is 19.4. The fourth-order valence-corrected chi connectivity index (χ4v) is 3.49. The van der Waals surface area contributed by atoms with Crippen LogP contribution in [-0.2, 0) is 11.8 Å². The van der Waals surface area contributed by atoms with Gasteiger partial charge in [0.05, 0.1) is 6.10 Å². The lowest BCUT2D eigenvalue weighted by Crippen LogP contribution is -2.38. The minimum absolute atomic E-state index is 0.0201. The molecule has 144 valence electrons. The van der Waals surface area contributed by atoms with E-state index in [1.54, 1.807) is 6.08 Å². The van der Waals surface area contributed by atoms with Crippen molar-refractivity contribution in [1.82, 2.24) is 19.7 Å². The van der Waals surface area contributed by atoms with Crippen molar-refractivity contribution in [3.63, 3.8) is 0 Å². The molecule has 2 aromatic rings. The third-order valence-corrected chi connectivity index (χ3v) is 5.03. The fraction of sp³-hybridized carbons (Fsp3) is 0.450. The first-order valence-corrected chi connectivity index (χ1v) is 9.70. The van der Waals surface area contributed by atoms with Gasteiger partial charge in [-0.3, -0.25) is 9.89 Å². The Kier molecular flexibility index (Phi) is 6.11. The average Bonchev–Trinajstić information content (AvgIpc) is 2.98. The van der Waals surface area contributed by atoms with Gasteiger partial charge in [0.1, 0.15) is 11.6 Å². The molecule has 27 heavy (non-hydrogen) atoms. The summed E-state index contributed by atoms with van der Waals surface area (Å²) in [6, 6.07) is 7.76. The second-order valence-electron chi connectivity index (χ2n) is 7.14. The van der Waals surface area contributed by atoms with Gasteiger partial charge in [-0.1, -0.05) is 12.1 Å². The van der Waals surface area contributed by atoms with Crippen LogP contribution < -0.4 is 4.74 Å². The highest BCUT2D eigenvalue weighted by molar-refractivity contribution is 7.71. The van der Waals surface area contributed by atoms with Crippen LogP contribution in [0.1, 0.15) is 44.0 Å². The van der Waals surface area contributed by atoms with Crippen molar-refractivity contribution in [1.29, 1.82) is 0 Å². The first-order valence-electron chi connectivity index (χ1n) is 9.29. The molecule has 7 heteroatoms. The highest BCUT2D eigenvalue weighted by Gasteiger charge is 2.26. The molecule has 1 aromatic heterocycles. The molecule has 2 heterocycles. The SMILES string of the molecule is CC(C)Oc1cccc(C=CC(=O)N2CCCC(c3n[nH]c(=S)n3C)C2)c1. The van der Waals surface area contributed by atoms with Gasteiger partial charge in [0.25, 0.3) is 0 Å². The van der Waals surface area contributed by atoms with Crippen molar-refractivity contribution < 1.29 is 9.53 Å². The molecule has 1 aliphatic heterocycles. The summed E-state index contributed by atoms with van der Waals surface area (Å²) >= 11 is 5.20. The summed E-state index contributed by atoms with van der Waals surface area (Å²) in [5.74, 6) is 1.95. The predicted octanol–water partition coefficient (Wildman–Crippen LogP) is 3.68. The third-order valence-electron chi connectivity index (χ3n) is 4.66. The maximum atomic E-state index is 12.7. The Bertz CT molecular complexity index is 884. The zero-order chi connectivity index (χ0) is 19.4. The van der Waals surface area contributed by atoms with Gasteiger partial charge in [0.2, 0.25) is 5.91 Å². The molecule has 1 unspecified atom stereocenters. The zero-order valence-electron chi connectivity index (χ0n) is 16.0. The number of ether oxygens (including phenoxy) is 1. The van der Waals surface area contributed by atoms with Crippen LogP contribution in [-0.4, -0.2) is 44.8 Å². The van der Waals surface area contributed by atoms with Crippen LogP contribution in [0, 0.1) is 4.77 Å². The summed E-state index contributed by atoms with van der Waals surface area (Å²) in [6.07, 6.45) is 5.57. The van der Waals surface area contributed by atoms with Crippen molar-refractivity contribution in [3.05, 3.63) is 46.5 Å². The minimum atomic E-state index is 0.0201. The van der Waals surface area contributed by atoms with Gasteiger partial charge >= 0.3 is 0 Å². The number of carbonyl (C=O) groups excluding carboxylic acids is 1. The molecule has 6 nitrogen and oxygen atoms in total. The van der Waals surface area contributed by atoms with E-state index in [-0.39, 0.29) is 17.9 Å². The summed E-state index contributed by atoms with van der Waals surface area (Å²) < 4.78 is 8.21. The summed E-state index contributed by atoms with van der Waals surface area (Å²) in [5, 5.41) is 7.17. The van der Waals surface area contributed by atoms with Crippen molar-refractivity contribution in [2.75, 3.05) is 13.1 Å². The van der Waals surface area contributed by atoms with E-state index >= 15 is 0 Å². The predicted molar refractivity (Wildman–Crippen MR) is 108 cm³/mol. The van der Waals surface area contributed by atoms with E-state index in [2.05, 4.69) is 10.2 Å². The Hall–Kier alpha value is -2.41. The van der Waals surface area contributed by atoms with Crippen LogP contribution >= 0.6 is 12.2 Å². The molecule has 1 aromatic carbocycles.